The number of halogens is 1. The van der Waals surface area contributed by atoms with Gasteiger partial charge in [0.1, 0.15) is 0 Å². The highest BCUT2D eigenvalue weighted by molar-refractivity contribution is 6.30. The van der Waals surface area contributed by atoms with Gasteiger partial charge < -0.3 is 20.3 Å². The number of ether oxygens (including phenoxy) is 1. The van der Waals surface area contributed by atoms with Gasteiger partial charge in [-0.25, -0.2) is 0 Å². The van der Waals surface area contributed by atoms with Crippen LogP contribution in [0.5, 0.6) is 0 Å². The van der Waals surface area contributed by atoms with Crippen molar-refractivity contribution in [3.8, 4) is 0 Å². The number of nitrogens with zero attached hydrogens (tertiary/aromatic N) is 2. The first-order chi connectivity index (χ1) is 10.1. The average molecular weight is 310 g/mol. The van der Waals surface area contributed by atoms with Crippen molar-refractivity contribution in [2.24, 2.45) is 11.7 Å². The van der Waals surface area contributed by atoms with Crippen molar-refractivity contribution in [1.82, 2.24) is 4.90 Å². The molecule has 2 aliphatic heterocycles. The van der Waals surface area contributed by atoms with Crippen LogP contribution in [0.25, 0.3) is 0 Å². The van der Waals surface area contributed by atoms with Crippen LogP contribution in [0.2, 0.25) is 5.02 Å². The zero-order valence-corrected chi connectivity index (χ0v) is 12.6. The molecule has 0 bridgehead atoms. The van der Waals surface area contributed by atoms with Gasteiger partial charge in [0.05, 0.1) is 19.1 Å². The highest BCUT2D eigenvalue weighted by atomic mass is 35.5. The average Bonchev–Trinajstić information content (AvgIpc) is 2.93. The van der Waals surface area contributed by atoms with E-state index in [1.165, 1.54) is 0 Å². The SMILES string of the molecule is NC1COCC1C(=O)N1CCN(c2cccc(Cl)c2)CC1. The van der Waals surface area contributed by atoms with Crippen molar-refractivity contribution in [1.29, 1.82) is 0 Å². The Morgan fingerprint density at radius 2 is 2.00 bits per heavy atom. The maximum Gasteiger partial charge on any atom is 0.229 e. The van der Waals surface area contributed by atoms with E-state index in [-0.39, 0.29) is 17.9 Å². The Morgan fingerprint density at radius 1 is 1.24 bits per heavy atom. The molecule has 5 nitrogen and oxygen atoms in total. The van der Waals surface area contributed by atoms with Crippen LogP contribution in [0.15, 0.2) is 24.3 Å². The number of carbonyl (C=O) groups is 1. The van der Waals surface area contributed by atoms with Gasteiger partial charge in [0.25, 0.3) is 0 Å². The number of carbonyl (C=O) groups excluding carboxylic acids is 1. The van der Waals surface area contributed by atoms with Gasteiger partial charge in [0, 0.05) is 42.9 Å². The lowest BCUT2D eigenvalue weighted by atomic mass is 10.0. The second-order valence-corrected chi connectivity index (χ2v) is 6.04. The highest BCUT2D eigenvalue weighted by Crippen LogP contribution is 2.22. The Labute approximate surface area is 129 Å². The van der Waals surface area contributed by atoms with Gasteiger partial charge >= 0.3 is 0 Å². The summed E-state index contributed by atoms with van der Waals surface area (Å²) in [5.41, 5.74) is 7.03. The van der Waals surface area contributed by atoms with E-state index in [2.05, 4.69) is 4.90 Å². The first-order valence-corrected chi connectivity index (χ1v) is 7.65. The predicted molar refractivity (Wildman–Crippen MR) is 82.5 cm³/mol. The van der Waals surface area contributed by atoms with Gasteiger partial charge in [-0.15, -0.1) is 0 Å². The Kier molecular flexibility index (Phi) is 4.33. The lowest BCUT2D eigenvalue weighted by molar-refractivity contribution is -0.136. The van der Waals surface area contributed by atoms with Crippen LogP contribution in [0.3, 0.4) is 0 Å². The second-order valence-electron chi connectivity index (χ2n) is 5.60. The van der Waals surface area contributed by atoms with E-state index in [0.717, 1.165) is 23.8 Å². The van der Waals surface area contributed by atoms with Gasteiger partial charge in [0.2, 0.25) is 5.91 Å². The van der Waals surface area contributed by atoms with Gasteiger partial charge in [-0.2, -0.15) is 0 Å². The third-order valence-electron chi connectivity index (χ3n) is 4.21. The van der Waals surface area contributed by atoms with Crippen molar-refractivity contribution in [2.45, 2.75) is 6.04 Å². The molecule has 1 aromatic rings. The number of amides is 1. The van der Waals surface area contributed by atoms with E-state index in [4.69, 9.17) is 22.1 Å². The van der Waals surface area contributed by atoms with Crippen molar-refractivity contribution in [3.63, 3.8) is 0 Å². The molecular formula is C15H20ClN3O2. The van der Waals surface area contributed by atoms with Gasteiger partial charge in [-0.1, -0.05) is 17.7 Å². The van der Waals surface area contributed by atoms with Crippen LogP contribution in [0.4, 0.5) is 5.69 Å². The largest absolute Gasteiger partial charge is 0.379 e. The summed E-state index contributed by atoms with van der Waals surface area (Å²) in [6.45, 7) is 4.00. The molecule has 2 heterocycles. The number of anilines is 1. The molecule has 0 aromatic heterocycles. The lowest BCUT2D eigenvalue weighted by Gasteiger charge is -2.37. The molecule has 21 heavy (non-hydrogen) atoms. The van der Waals surface area contributed by atoms with E-state index in [9.17, 15) is 4.79 Å². The molecule has 2 aliphatic rings. The molecule has 2 N–H and O–H groups in total. The van der Waals surface area contributed by atoms with Crippen molar-refractivity contribution in [2.75, 3.05) is 44.3 Å². The smallest absolute Gasteiger partial charge is 0.229 e. The summed E-state index contributed by atoms with van der Waals surface area (Å²) < 4.78 is 5.29. The van der Waals surface area contributed by atoms with E-state index < -0.39 is 0 Å². The molecule has 2 unspecified atom stereocenters. The molecule has 2 atom stereocenters. The number of hydrogen-bond acceptors (Lipinski definition) is 4. The Balaban J connectivity index is 1.59. The van der Waals surface area contributed by atoms with Crippen LogP contribution in [-0.4, -0.2) is 56.2 Å². The molecule has 2 saturated heterocycles. The summed E-state index contributed by atoms with van der Waals surface area (Å²) in [7, 11) is 0. The molecule has 0 spiro atoms. The first kappa shape index (κ1) is 14.6. The number of hydrogen-bond donors (Lipinski definition) is 1. The van der Waals surface area contributed by atoms with Crippen molar-refractivity contribution >= 4 is 23.2 Å². The normalized spacial score (nSPS) is 26.2. The van der Waals surface area contributed by atoms with Crippen molar-refractivity contribution in [3.05, 3.63) is 29.3 Å². The Morgan fingerprint density at radius 3 is 2.62 bits per heavy atom. The molecule has 6 heteroatoms. The topological polar surface area (TPSA) is 58.8 Å². The zero-order chi connectivity index (χ0) is 14.8. The summed E-state index contributed by atoms with van der Waals surface area (Å²) in [6, 6.07) is 7.66. The zero-order valence-electron chi connectivity index (χ0n) is 11.9. The molecule has 1 aromatic carbocycles. The van der Waals surface area contributed by atoms with Crippen LogP contribution < -0.4 is 10.6 Å². The predicted octanol–water partition coefficient (Wildman–Crippen LogP) is 0.962. The third-order valence-corrected chi connectivity index (χ3v) is 4.44. The fourth-order valence-electron chi connectivity index (χ4n) is 2.92. The van der Waals surface area contributed by atoms with Crippen LogP contribution in [-0.2, 0) is 9.53 Å². The van der Waals surface area contributed by atoms with E-state index >= 15 is 0 Å². The maximum atomic E-state index is 12.4. The molecule has 114 valence electrons. The lowest BCUT2D eigenvalue weighted by Crippen LogP contribution is -2.52. The molecule has 2 fully saturated rings. The summed E-state index contributed by atoms with van der Waals surface area (Å²) in [5.74, 6) is -0.0477. The summed E-state index contributed by atoms with van der Waals surface area (Å²) in [5, 5.41) is 0.736. The first-order valence-electron chi connectivity index (χ1n) is 7.28. The third kappa shape index (κ3) is 3.15. The molecule has 0 saturated carbocycles. The number of piperazine rings is 1. The highest BCUT2D eigenvalue weighted by Gasteiger charge is 2.35. The fraction of sp³-hybridized carbons (Fsp3) is 0.533. The number of nitrogens with two attached hydrogens (primary N) is 1. The van der Waals surface area contributed by atoms with Gasteiger partial charge in [-0.3, -0.25) is 4.79 Å². The number of benzene rings is 1. The molecule has 0 radical (unpaired) electrons. The minimum atomic E-state index is -0.178. The van der Waals surface area contributed by atoms with E-state index in [1.807, 2.05) is 29.2 Å². The van der Waals surface area contributed by atoms with E-state index in [0.29, 0.717) is 26.3 Å². The quantitative estimate of drug-likeness (QED) is 0.884. The van der Waals surface area contributed by atoms with Gasteiger partial charge in [-0.05, 0) is 18.2 Å². The van der Waals surface area contributed by atoms with Crippen molar-refractivity contribution < 1.29 is 9.53 Å². The molecular weight excluding hydrogens is 290 g/mol. The summed E-state index contributed by atoms with van der Waals surface area (Å²) in [6.07, 6.45) is 0. The van der Waals surface area contributed by atoms with Crippen LogP contribution >= 0.6 is 11.6 Å². The standard InChI is InChI=1S/C15H20ClN3O2/c16-11-2-1-3-12(8-11)18-4-6-19(7-5-18)15(20)13-9-21-10-14(13)17/h1-3,8,13-14H,4-7,9-10,17H2. The monoisotopic (exact) mass is 309 g/mol. The van der Waals surface area contributed by atoms with E-state index in [1.54, 1.807) is 0 Å². The van der Waals surface area contributed by atoms with Crippen LogP contribution in [0.1, 0.15) is 0 Å². The van der Waals surface area contributed by atoms with Crippen LogP contribution in [0, 0.1) is 5.92 Å². The Bertz CT molecular complexity index is 517. The fourth-order valence-corrected chi connectivity index (χ4v) is 3.10. The maximum absolute atomic E-state index is 12.4. The molecule has 0 aliphatic carbocycles. The summed E-state index contributed by atoms with van der Waals surface area (Å²) in [4.78, 5) is 16.6. The summed E-state index contributed by atoms with van der Waals surface area (Å²) >= 11 is 6.03. The molecule has 1 amide bonds. The second kappa shape index (κ2) is 6.22. The minimum absolute atomic E-state index is 0.130. The van der Waals surface area contributed by atoms with Gasteiger partial charge in [0.15, 0.2) is 0 Å². The molecule has 3 rings (SSSR count). The Hall–Kier alpha value is -1.30. The number of rotatable bonds is 2. The minimum Gasteiger partial charge on any atom is -0.379 e.